The van der Waals surface area contributed by atoms with Gasteiger partial charge in [0.1, 0.15) is 5.75 Å². The Bertz CT molecular complexity index is 651. The maximum atomic E-state index is 12.0. The number of aromatic hydroxyl groups is 1. The van der Waals surface area contributed by atoms with Crippen LogP contribution in [0.2, 0.25) is 0 Å². The number of hydrogen-bond acceptors (Lipinski definition) is 4. The van der Waals surface area contributed by atoms with Gasteiger partial charge in [0.2, 0.25) is 0 Å². The van der Waals surface area contributed by atoms with Gasteiger partial charge in [0.15, 0.2) is 0 Å². The molecule has 1 heterocycles. The molecule has 2 aromatic rings. The highest BCUT2D eigenvalue weighted by atomic mass is 16.3. The maximum Gasteiger partial charge on any atom is 0.275 e. The minimum absolute atomic E-state index is 0.0285. The van der Waals surface area contributed by atoms with Gasteiger partial charge in [-0.25, -0.2) is 5.43 Å². The number of phenols is 1. The van der Waals surface area contributed by atoms with Gasteiger partial charge in [-0.05, 0) is 31.5 Å². The molecule has 0 atom stereocenters. The fraction of sp³-hybridized carbons (Fsp3) is 0.133. The van der Waals surface area contributed by atoms with Crippen molar-refractivity contribution in [2.75, 3.05) is 0 Å². The zero-order chi connectivity index (χ0) is 14.5. The Morgan fingerprint density at radius 3 is 2.80 bits per heavy atom. The zero-order valence-electron chi connectivity index (χ0n) is 11.3. The number of carbonyl (C=O) groups is 1. The summed E-state index contributed by atoms with van der Waals surface area (Å²) in [6, 6.07) is 8.63. The van der Waals surface area contributed by atoms with Crippen molar-refractivity contribution in [1.82, 2.24) is 10.4 Å². The number of nitrogens with zero attached hydrogens (tertiary/aromatic N) is 2. The SMILES string of the molecule is CC(=NNC(=O)c1cccc(C)c1O)c1cccnc1. The summed E-state index contributed by atoms with van der Waals surface area (Å²) in [4.78, 5) is 15.9. The third-order valence-corrected chi connectivity index (χ3v) is 2.89. The fourth-order valence-electron chi connectivity index (χ4n) is 1.68. The molecule has 0 unspecified atom stereocenters. The Morgan fingerprint density at radius 2 is 2.10 bits per heavy atom. The van der Waals surface area contributed by atoms with E-state index in [4.69, 9.17) is 0 Å². The average molecular weight is 269 g/mol. The summed E-state index contributed by atoms with van der Waals surface area (Å²) in [6.45, 7) is 3.50. The third kappa shape index (κ3) is 3.00. The minimum Gasteiger partial charge on any atom is -0.507 e. The van der Waals surface area contributed by atoms with Crippen molar-refractivity contribution in [2.24, 2.45) is 5.10 Å². The van der Waals surface area contributed by atoms with Crippen LogP contribution in [0, 0.1) is 6.92 Å². The van der Waals surface area contributed by atoms with Gasteiger partial charge < -0.3 is 5.11 Å². The lowest BCUT2D eigenvalue weighted by atomic mass is 10.1. The van der Waals surface area contributed by atoms with E-state index in [1.807, 2.05) is 6.07 Å². The van der Waals surface area contributed by atoms with E-state index >= 15 is 0 Å². The second-order valence-electron chi connectivity index (χ2n) is 4.35. The van der Waals surface area contributed by atoms with E-state index in [1.54, 1.807) is 50.5 Å². The van der Waals surface area contributed by atoms with Crippen LogP contribution in [-0.4, -0.2) is 21.7 Å². The van der Waals surface area contributed by atoms with Crippen LogP contribution < -0.4 is 5.43 Å². The van der Waals surface area contributed by atoms with Crippen molar-refractivity contribution >= 4 is 11.6 Å². The van der Waals surface area contributed by atoms with E-state index < -0.39 is 5.91 Å². The highest BCUT2D eigenvalue weighted by molar-refractivity contribution is 6.01. The molecule has 0 aliphatic carbocycles. The summed E-state index contributed by atoms with van der Waals surface area (Å²) in [5.74, 6) is -0.478. The molecule has 1 amide bonds. The van der Waals surface area contributed by atoms with Crippen LogP contribution in [0.15, 0.2) is 47.8 Å². The molecule has 2 rings (SSSR count). The second-order valence-corrected chi connectivity index (χ2v) is 4.35. The van der Waals surface area contributed by atoms with E-state index in [0.29, 0.717) is 11.3 Å². The number of amides is 1. The number of hydrazone groups is 1. The van der Waals surface area contributed by atoms with Crippen LogP contribution in [0.25, 0.3) is 0 Å². The zero-order valence-corrected chi connectivity index (χ0v) is 11.3. The van der Waals surface area contributed by atoms with Crippen LogP contribution in [0.3, 0.4) is 0 Å². The topological polar surface area (TPSA) is 74.6 Å². The third-order valence-electron chi connectivity index (χ3n) is 2.89. The Morgan fingerprint density at radius 1 is 1.30 bits per heavy atom. The van der Waals surface area contributed by atoms with Gasteiger partial charge in [-0.1, -0.05) is 18.2 Å². The first kappa shape index (κ1) is 13.7. The highest BCUT2D eigenvalue weighted by Gasteiger charge is 2.11. The van der Waals surface area contributed by atoms with Crippen LogP contribution in [0.1, 0.15) is 28.4 Å². The lowest BCUT2D eigenvalue weighted by Crippen LogP contribution is -2.19. The second kappa shape index (κ2) is 5.97. The number of rotatable bonds is 3. The summed E-state index contributed by atoms with van der Waals surface area (Å²) in [7, 11) is 0. The molecule has 1 aromatic carbocycles. The van der Waals surface area contributed by atoms with Gasteiger partial charge in [-0.15, -0.1) is 0 Å². The number of aryl methyl sites for hydroxylation is 1. The van der Waals surface area contributed by atoms with Gasteiger partial charge in [0.25, 0.3) is 5.91 Å². The summed E-state index contributed by atoms with van der Waals surface area (Å²) in [6.07, 6.45) is 3.33. The Balaban J connectivity index is 2.15. The van der Waals surface area contributed by atoms with Crippen LogP contribution in [-0.2, 0) is 0 Å². The molecule has 0 aliphatic heterocycles. The average Bonchev–Trinajstić information content (AvgIpc) is 2.48. The first-order valence-electron chi connectivity index (χ1n) is 6.13. The molecule has 0 saturated carbocycles. The number of benzene rings is 1. The van der Waals surface area contributed by atoms with Crippen LogP contribution in [0.4, 0.5) is 0 Å². The number of hydrogen-bond donors (Lipinski definition) is 2. The van der Waals surface area contributed by atoms with Gasteiger partial charge in [-0.2, -0.15) is 5.10 Å². The van der Waals surface area contributed by atoms with Gasteiger partial charge >= 0.3 is 0 Å². The van der Waals surface area contributed by atoms with Crippen molar-refractivity contribution in [1.29, 1.82) is 0 Å². The predicted octanol–water partition coefficient (Wildman–Crippen LogP) is 2.25. The molecule has 5 heteroatoms. The first-order chi connectivity index (χ1) is 9.59. The highest BCUT2D eigenvalue weighted by Crippen LogP contribution is 2.20. The van der Waals surface area contributed by atoms with Gasteiger partial charge in [0.05, 0.1) is 11.3 Å². The molecule has 20 heavy (non-hydrogen) atoms. The Kier molecular flexibility index (Phi) is 4.10. The number of carbonyl (C=O) groups excluding carboxylic acids is 1. The van der Waals surface area contributed by atoms with Crippen molar-refractivity contribution in [3.63, 3.8) is 0 Å². The predicted molar refractivity (Wildman–Crippen MR) is 76.8 cm³/mol. The van der Waals surface area contributed by atoms with E-state index in [-0.39, 0.29) is 11.3 Å². The number of para-hydroxylation sites is 1. The molecule has 2 N–H and O–H groups in total. The lowest BCUT2D eigenvalue weighted by Gasteiger charge is -2.06. The molecule has 0 fully saturated rings. The van der Waals surface area contributed by atoms with Gasteiger partial charge in [0, 0.05) is 18.0 Å². The molecule has 102 valence electrons. The van der Waals surface area contributed by atoms with Crippen LogP contribution >= 0.6 is 0 Å². The normalized spacial score (nSPS) is 11.2. The molecule has 0 bridgehead atoms. The maximum absolute atomic E-state index is 12.0. The number of nitrogens with one attached hydrogen (secondary N) is 1. The molecule has 1 aromatic heterocycles. The quantitative estimate of drug-likeness (QED) is 0.663. The van der Waals surface area contributed by atoms with E-state index in [9.17, 15) is 9.90 Å². The van der Waals surface area contributed by atoms with Crippen molar-refractivity contribution < 1.29 is 9.90 Å². The smallest absolute Gasteiger partial charge is 0.275 e. The van der Waals surface area contributed by atoms with Crippen molar-refractivity contribution in [3.05, 3.63) is 59.4 Å². The largest absolute Gasteiger partial charge is 0.507 e. The molecule has 5 nitrogen and oxygen atoms in total. The van der Waals surface area contributed by atoms with Crippen LogP contribution in [0.5, 0.6) is 5.75 Å². The van der Waals surface area contributed by atoms with Gasteiger partial charge in [-0.3, -0.25) is 9.78 Å². The summed E-state index contributed by atoms with van der Waals surface area (Å²) in [5, 5.41) is 13.8. The minimum atomic E-state index is -0.450. The van der Waals surface area contributed by atoms with Crippen molar-refractivity contribution in [2.45, 2.75) is 13.8 Å². The Hall–Kier alpha value is -2.69. The molecular formula is C15H15N3O2. The molecule has 0 spiro atoms. The first-order valence-corrected chi connectivity index (χ1v) is 6.13. The van der Waals surface area contributed by atoms with E-state index in [1.165, 1.54) is 0 Å². The summed E-state index contributed by atoms with van der Waals surface area (Å²) >= 11 is 0. The molecular weight excluding hydrogens is 254 g/mol. The number of phenolic OH excluding ortho intramolecular Hbond substituents is 1. The monoisotopic (exact) mass is 269 g/mol. The molecule has 0 radical (unpaired) electrons. The number of aromatic nitrogens is 1. The standard InChI is InChI=1S/C15H15N3O2/c1-10-5-3-7-13(14(10)19)15(20)18-17-11(2)12-6-4-8-16-9-12/h3-9,19H,1-2H3,(H,18,20). The lowest BCUT2D eigenvalue weighted by molar-refractivity contribution is 0.0952. The van der Waals surface area contributed by atoms with E-state index in [2.05, 4.69) is 15.5 Å². The summed E-state index contributed by atoms with van der Waals surface area (Å²) in [5.41, 5.74) is 4.73. The summed E-state index contributed by atoms with van der Waals surface area (Å²) < 4.78 is 0. The van der Waals surface area contributed by atoms with Crippen molar-refractivity contribution in [3.8, 4) is 5.75 Å². The van der Waals surface area contributed by atoms with E-state index in [0.717, 1.165) is 5.56 Å². The molecule has 0 aliphatic rings. The fourth-order valence-corrected chi connectivity index (χ4v) is 1.68. The number of pyridine rings is 1. The molecule has 0 saturated heterocycles. The Labute approximate surface area is 117 Å².